The molecule has 0 saturated heterocycles. The smallest absolute Gasteiger partial charge is 0.149 e. The average molecular weight is 953 g/mol. The maximum atomic E-state index is 12.5. The quantitative estimate of drug-likeness (QED) is 0.157. The number of imidazole rings is 1. The van der Waals surface area contributed by atoms with Gasteiger partial charge in [-0.05, 0) is 156 Å². The highest BCUT2D eigenvalue weighted by Crippen LogP contribution is 2.46. The van der Waals surface area contributed by atoms with Crippen LogP contribution in [-0.2, 0) is 16.2 Å². The molecule has 0 amide bonds. The van der Waals surface area contributed by atoms with Crippen LogP contribution in [0, 0.1) is 6.85 Å². The van der Waals surface area contributed by atoms with E-state index in [9.17, 15) is 13.3 Å². The van der Waals surface area contributed by atoms with Crippen molar-refractivity contribution in [2.75, 3.05) is 0 Å². The number of benzene rings is 7. The molecule has 0 unspecified atom stereocenters. The number of aromatic hydroxyl groups is 1. The fourth-order valence-electron chi connectivity index (χ4n) is 9.17. The van der Waals surface area contributed by atoms with Crippen LogP contribution in [0.4, 0.5) is 0 Å². The first kappa shape index (κ1) is 30.6. The SMILES string of the molecule is [2H]c1nc(-c2cc(-c3cccc4c3nc(-c3cc(C(C)C)cc(C(C)C)c3O)n4-c3ccc(-c4c(-c5ccccc5)cccc4C(C)(C)C)cc3C([2H])([2H])[2H])cc(C(C)(C)C)c2)c([2H])c(-c2c([2H])c([2H])c(C(C([2H])([2H])[2H])(C([2H])([2H])[2H])C([2H])([2H])[2H])c([2H])c2[2H])c1[2H]. The molecule has 9 aromatic rings. The van der Waals surface area contributed by atoms with Gasteiger partial charge in [-0.25, -0.2) is 4.98 Å². The van der Waals surface area contributed by atoms with Crippen LogP contribution in [0.1, 0.15) is 161 Å². The molecule has 2 aromatic heterocycles. The minimum Gasteiger partial charge on any atom is -0.507 e. The zero-order chi connectivity index (χ0) is 66.8. The van der Waals surface area contributed by atoms with Gasteiger partial charge in [0.25, 0.3) is 0 Å². The van der Waals surface area contributed by atoms with Gasteiger partial charge in [-0.2, -0.15) is 0 Å². The number of rotatable bonds is 9. The molecule has 360 valence electrons. The Balaban J connectivity index is 1.36. The van der Waals surface area contributed by atoms with Gasteiger partial charge in [0.2, 0.25) is 0 Å². The van der Waals surface area contributed by atoms with Crippen LogP contribution in [0.25, 0.3) is 83.9 Å². The second kappa shape index (κ2) is 18.6. The number of aryl methyl sites for hydroxylation is 1. The van der Waals surface area contributed by atoms with E-state index in [2.05, 4.69) is 31.8 Å². The van der Waals surface area contributed by atoms with Crippen LogP contribution >= 0.6 is 0 Å². The maximum Gasteiger partial charge on any atom is 0.149 e. The summed E-state index contributed by atoms with van der Waals surface area (Å²) in [5.41, 5.74) is 1.12. The van der Waals surface area contributed by atoms with Crippen molar-refractivity contribution in [3.8, 4) is 78.6 Å². The topological polar surface area (TPSA) is 50.9 Å². The Morgan fingerprint density at radius 3 is 1.97 bits per heavy atom. The van der Waals surface area contributed by atoms with E-state index < -0.39 is 97.4 Å². The molecule has 0 fully saturated rings. The van der Waals surface area contributed by atoms with Gasteiger partial charge in [0.1, 0.15) is 11.6 Å². The highest BCUT2D eigenvalue weighted by atomic mass is 16.3. The number of aromatic nitrogens is 3. The number of hydrogen-bond acceptors (Lipinski definition) is 3. The molecular weight excluding hydrogens is 863 g/mol. The lowest BCUT2D eigenvalue weighted by atomic mass is 9.78. The van der Waals surface area contributed by atoms with Crippen LogP contribution in [0.3, 0.4) is 0 Å². The Bertz CT molecular complexity index is 4250. The van der Waals surface area contributed by atoms with Gasteiger partial charge in [-0.3, -0.25) is 9.55 Å². The van der Waals surface area contributed by atoms with E-state index in [1.54, 1.807) is 34.9 Å². The zero-order valence-electron chi connectivity index (χ0n) is 60.9. The van der Waals surface area contributed by atoms with Crippen molar-refractivity contribution >= 4 is 11.0 Å². The van der Waals surface area contributed by atoms with E-state index in [1.807, 2.05) is 127 Å². The molecule has 0 aliphatic carbocycles. The van der Waals surface area contributed by atoms with Crippen molar-refractivity contribution in [2.24, 2.45) is 0 Å². The molecular formula is C67H71N3O. The number of para-hydroxylation sites is 1. The van der Waals surface area contributed by atoms with E-state index in [-0.39, 0.29) is 51.3 Å². The van der Waals surface area contributed by atoms with Gasteiger partial charge < -0.3 is 5.11 Å². The first-order valence-corrected chi connectivity index (χ1v) is 23.9. The molecule has 0 saturated carbocycles. The summed E-state index contributed by atoms with van der Waals surface area (Å²) in [5.74, 6) is 0.0295. The third-order valence-electron chi connectivity index (χ3n) is 13.1. The molecule has 4 nitrogen and oxygen atoms in total. The Labute approximate surface area is 450 Å². The van der Waals surface area contributed by atoms with Crippen molar-refractivity contribution in [3.05, 3.63) is 191 Å². The molecule has 0 radical (unpaired) electrons. The van der Waals surface area contributed by atoms with Gasteiger partial charge >= 0.3 is 0 Å². The van der Waals surface area contributed by atoms with Gasteiger partial charge in [0.05, 0.1) is 37.6 Å². The highest BCUT2D eigenvalue weighted by molar-refractivity contribution is 5.97. The predicted molar refractivity (Wildman–Crippen MR) is 302 cm³/mol. The summed E-state index contributed by atoms with van der Waals surface area (Å²) in [5, 5.41) is 12.5. The highest BCUT2D eigenvalue weighted by Gasteiger charge is 2.27. The van der Waals surface area contributed by atoms with E-state index in [0.29, 0.717) is 44.4 Å². The van der Waals surface area contributed by atoms with Crippen LogP contribution in [-0.4, -0.2) is 19.6 Å². The van der Waals surface area contributed by atoms with Crippen LogP contribution < -0.4 is 0 Å². The third-order valence-corrected chi connectivity index (χ3v) is 13.1. The Morgan fingerprint density at radius 1 is 0.577 bits per heavy atom. The summed E-state index contributed by atoms with van der Waals surface area (Å²) >= 11 is 0. The first-order chi connectivity index (χ1) is 41.5. The minimum absolute atomic E-state index is 0.00529. The maximum absolute atomic E-state index is 12.5. The molecule has 7 aromatic carbocycles. The van der Waals surface area contributed by atoms with Crippen LogP contribution in [0.2, 0.25) is 0 Å². The van der Waals surface area contributed by atoms with Crippen LogP contribution in [0.15, 0.2) is 158 Å². The Morgan fingerprint density at radius 2 is 1.30 bits per heavy atom. The fourth-order valence-corrected chi connectivity index (χ4v) is 9.17. The number of fused-ring (bicyclic) bond motifs is 1. The second-order valence-corrected chi connectivity index (χ2v) is 21.1. The molecule has 0 aliphatic rings. The summed E-state index contributed by atoms with van der Waals surface area (Å²) in [6, 6.07) is 29.5. The summed E-state index contributed by atoms with van der Waals surface area (Å²) < 4.78 is 169. The summed E-state index contributed by atoms with van der Waals surface area (Å²) in [6.45, 7) is 5.61. The third kappa shape index (κ3) is 9.62. The standard InChI is InChI=1S/C67H71N3O/c1-41(2)48-38-55(42(3)4)63(71)56(39-48)64-69-62-54(49-35-50(37-52(36-49)66(9,10)11)58-40-46(32-33-68-58)44-26-29-51(30-27-44)65(6,7)8)23-19-25-60(62)70(64)59-31-28-47(34-43(59)5)61-53(45-20-16-15-17-21-45)22-18-24-57(61)67(12,13)14/h15-42,71H,1-14H3/i5D3,6D3,7D3,8D3,26D,27D,29D,30D,32D,33D,40D. The lowest BCUT2D eigenvalue weighted by Crippen LogP contribution is -2.13. The first-order valence-electron chi connectivity index (χ1n) is 33.4. The predicted octanol–water partition coefficient (Wildman–Crippen LogP) is 18.6. The number of pyridine rings is 1. The molecule has 2 heterocycles. The molecule has 9 rings (SSSR count). The normalized spacial score (nSPS) is 17.0. The van der Waals surface area contributed by atoms with Crippen LogP contribution in [0.5, 0.6) is 5.75 Å². The fraction of sp³-hybridized carbons (Fsp3) is 0.284. The summed E-state index contributed by atoms with van der Waals surface area (Å²) in [4.78, 5) is 9.84. The van der Waals surface area contributed by atoms with E-state index in [0.717, 1.165) is 27.8 Å². The second-order valence-electron chi connectivity index (χ2n) is 21.1. The van der Waals surface area contributed by atoms with E-state index in [1.165, 1.54) is 0 Å². The lowest BCUT2D eigenvalue weighted by Gasteiger charge is -2.26. The Kier molecular flexibility index (Phi) is 8.03. The Hall–Kier alpha value is -7.04. The van der Waals surface area contributed by atoms with E-state index in [4.69, 9.17) is 22.8 Å². The monoisotopic (exact) mass is 953 g/mol. The minimum atomic E-state index is -3.95. The van der Waals surface area contributed by atoms with Gasteiger partial charge in [0.15, 0.2) is 0 Å². The van der Waals surface area contributed by atoms with Gasteiger partial charge in [0, 0.05) is 33.7 Å². The molecule has 71 heavy (non-hydrogen) atoms. The van der Waals surface area contributed by atoms with Crippen molar-refractivity contribution < 1.29 is 31.2 Å². The molecule has 4 heteroatoms. The number of phenolic OH excluding ortho intramolecular Hbond substituents is 1. The van der Waals surface area contributed by atoms with Crippen molar-refractivity contribution in [1.82, 2.24) is 14.5 Å². The zero-order valence-corrected chi connectivity index (χ0v) is 41.9. The summed E-state index contributed by atoms with van der Waals surface area (Å²) in [6.07, 6.45) is -0.773. The lowest BCUT2D eigenvalue weighted by molar-refractivity contribution is 0.466. The molecule has 1 N–H and O–H groups in total. The van der Waals surface area contributed by atoms with Gasteiger partial charge in [-0.1, -0.05) is 193 Å². The van der Waals surface area contributed by atoms with Crippen molar-refractivity contribution in [1.29, 1.82) is 0 Å². The largest absolute Gasteiger partial charge is 0.507 e. The van der Waals surface area contributed by atoms with Crippen molar-refractivity contribution in [2.45, 2.75) is 125 Å². The molecule has 0 aliphatic heterocycles. The molecule has 0 atom stereocenters. The number of nitrogens with zero attached hydrogens (tertiary/aromatic N) is 3. The van der Waals surface area contributed by atoms with Gasteiger partial charge in [-0.15, -0.1) is 0 Å². The molecule has 0 spiro atoms. The van der Waals surface area contributed by atoms with Crippen molar-refractivity contribution in [3.63, 3.8) is 0 Å². The summed E-state index contributed by atoms with van der Waals surface area (Å²) in [7, 11) is 0. The van der Waals surface area contributed by atoms with E-state index >= 15 is 0 Å². The molecule has 0 bridgehead atoms. The number of phenols is 1. The number of hydrogen-bond donors (Lipinski definition) is 1. The average Bonchev–Trinajstić information content (AvgIpc) is 0.863.